The van der Waals surface area contributed by atoms with Gasteiger partial charge in [0.05, 0.1) is 5.56 Å². The lowest BCUT2D eigenvalue weighted by atomic mass is 10.2. The lowest BCUT2D eigenvalue weighted by molar-refractivity contribution is 0.102. The number of aromatic nitrogens is 2. The van der Waals surface area contributed by atoms with Crippen LogP contribution in [-0.2, 0) is 0 Å². The summed E-state index contributed by atoms with van der Waals surface area (Å²) in [5, 5.41) is 9.20. The molecule has 6 heteroatoms. The van der Waals surface area contributed by atoms with Crippen LogP contribution < -0.4 is 5.32 Å². The Balaban J connectivity index is 2.20. The van der Waals surface area contributed by atoms with E-state index in [1.165, 1.54) is 18.2 Å². The van der Waals surface area contributed by atoms with Crippen molar-refractivity contribution in [1.29, 1.82) is 0 Å². The molecule has 1 aromatic heterocycles. The molecule has 2 rings (SSSR count). The van der Waals surface area contributed by atoms with Crippen LogP contribution in [0, 0.1) is 12.7 Å². The van der Waals surface area contributed by atoms with Gasteiger partial charge in [-0.3, -0.25) is 9.89 Å². The number of rotatable bonds is 2. The maximum atomic E-state index is 12.9. The Hall–Kier alpha value is -1.69. The number of halogens is 2. The second kappa shape index (κ2) is 4.67. The predicted octanol–water partition coefficient (Wildman–Crippen LogP) is 2.87. The standard InChI is InChI=1S/C11H9BrFN3O/c1-6-4-10(16-15-6)14-11(17)8-3-2-7(13)5-9(8)12/h2-5H,1H3,(H2,14,15,16,17). The Morgan fingerprint density at radius 3 is 2.82 bits per heavy atom. The van der Waals surface area contributed by atoms with E-state index >= 15 is 0 Å². The molecule has 17 heavy (non-hydrogen) atoms. The van der Waals surface area contributed by atoms with Crippen molar-refractivity contribution < 1.29 is 9.18 Å². The average Bonchev–Trinajstić information content (AvgIpc) is 2.63. The number of anilines is 1. The van der Waals surface area contributed by atoms with Crippen LogP contribution in [-0.4, -0.2) is 16.1 Å². The average molecular weight is 298 g/mol. The van der Waals surface area contributed by atoms with E-state index in [9.17, 15) is 9.18 Å². The number of H-pyrrole nitrogens is 1. The molecule has 0 aliphatic heterocycles. The Bertz CT molecular complexity index is 568. The van der Waals surface area contributed by atoms with Crippen molar-refractivity contribution in [3.63, 3.8) is 0 Å². The molecule has 1 amide bonds. The van der Waals surface area contributed by atoms with E-state index in [2.05, 4.69) is 31.4 Å². The van der Waals surface area contributed by atoms with Crippen LogP contribution in [0.15, 0.2) is 28.7 Å². The van der Waals surface area contributed by atoms with Crippen LogP contribution in [0.2, 0.25) is 0 Å². The SMILES string of the molecule is Cc1cc(NC(=O)c2ccc(F)cc2Br)n[nH]1. The highest BCUT2D eigenvalue weighted by Gasteiger charge is 2.11. The number of hydrogen-bond donors (Lipinski definition) is 2. The molecule has 88 valence electrons. The minimum absolute atomic E-state index is 0.344. The van der Waals surface area contributed by atoms with Gasteiger partial charge in [-0.2, -0.15) is 5.10 Å². The summed E-state index contributed by atoms with van der Waals surface area (Å²) in [6.07, 6.45) is 0. The minimum Gasteiger partial charge on any atom is -0.305 e. The smallest absolute Gasteiger partial charge is 0.258 e. The molecule has 1 aromatic carbocycles. The van der Waals surface area contributed by atoms with E-state index in [0.29, 0.717) is 15.9 Å². The number of nitrogens with one attached hydrogen (secondary N) is 2. The van der Waals surface area contributed by atoms with Crippen molar-refractivity contribution in [3.8, 4) is 0 Å². The van der Waals surface area contributed by atoms with Gasteiger partial charge in [-0.15, -0.1) is 0 Å². The Labute approximate surface area is 105 Å². The fraction of sp³-hybridized carbons (Fsp3) is 0.0909. The number of aryl methyl sites for hydroxylation is 1. The van der Waals surface area contributed by atoms with Crippen molar-refractivity contribution in [2.45, 2.75) is 6.92 Å². The Morgan fingerprint density at radius 1 is 1.47 bits per heavy atom. The monoisotopic (exact) mass is 297 g/mol. The summed E-state index contributed by atoms with van der Waals surface area (Å²) in [4.78, 5) is 11.8. The minimum atomic E-state index is -0.399. The first-order valence-corrected chi connectivity index (χ1v) is 5.64. The van der Waals surface area contributed by atoms with Crippen LogP contribution in [0.3, 0.4) is 0 Å². The van der Waals surface area contributed by atoms with E-state index in [-0.39, 0.29) is 5.91 Å². The molecule has 2 aromatic rings. The van der Waals surface area contributed by atoms with Crippen LogP contribution in [0.5, 0.6) is 0 Å². The third-order valence-corrected chi connectivity index (χ3v) is 2.78. The van der Waals surface area contributed by atoms with Gasteiger partial charge in [-0.25, -0.2) is 4.39 Å². The van der Waals surface area contributed by atoms with Crippen molar-refractivity contribution in [2.24, 2.45) is 0 Å². The van der Waals surface area contributed by atoms with E-state index in [4.69, 9.17) is 0 Å². The molecule has 0 aliphatic carbocycles. The predicted molar refractivity (Wildman–Crippen MR) is 65.4 cm³/mol. The van der Waals surface area contributed by atoms with Crippen LogP contribution in [0.1, 0.15) is 16.1 Å². The molecular formula is C11H9BrFN3O. The van der Waals surface area contributed by atoms with E-state index in [0.717, 1.165) is 5.69 Å². The molecule has 0 bridgehead atoms. The first-order chi connectivity index (χ1) is 8.06. The van der Waals surface area contributed by atoms with Crippen molar-refractivity contribution in [1.82, 2.24) is 10.2 Å². The van der Waals surface area contributed by atoms with Gasteiger partial charge >= 0.3 is 0 Å². The van der Waals surface area contributed by atoms with E-state index in [1.54, 1.807) is 6.07 Å². The Kier molecular flexibility index (Phi) is 3.23. The maximum absolute atomic E-state index is 12.9. The summed E-state index contributed by atoms with van der Waals surface area (Å²) in [6, 6.07) is 5.59. The number of hydrogen-bond acceptors (Lipinski definition) is 2. The number of carbonyl (C=O) groups is 1. The zero-order valence-electron chi connectivity index (χ0n) is 8.92. The van der Waals surface area contributed by atoms with Gasteiger partial charge in [-0.1, -0.05) is 0 Å². The van der Waals surface area contributed by atoms with Gasteiger partial charge < -0.3 is 5.32 Å². The number of carbonyl (C=O) groups excluding carboxylic acids is 1. The summed E-state index contributed by atoms with van der Waals surface area (Å²) in [7, 11) is 0. The number of aromatic amines is 1. The molecule has 0 radical (unpaired) electrons. The van der Waals surface area contributed by atoms with Crippen molar-refractivity contribution in [2.75, 3.05) is 5.32 Å². The second-order valence-electron chi connectivity index (χ2n) is 3.51. The summed E-state index contributed by atoms with van der Waals surface area (Å²) in [5.74, 6) is -0.309. The van der Waals surface area contributed by atoms with Gasteiger partial charge in [0.2, 0.25) is 0 Å². The van der Waals surface area contributed by atoms with Crippen LogP contribution in [0.4, 0.5) is 10.2 Å². The van der Waals surface area contributed by atoms with Gasteiger partial charge in [-0.05, 0) is 41.1 Å². The normalized spacial score (nSPS) is 10.3. The van der Waals surface area contributed by atoms with Crippen LogP contribution >= 0.6 is 15.9 Å². The van der Waals surface area contributed by atoms with E-state index in [1.807, 2.05) is 6.92 Å². The second-order valence-corrected chi connectivity index (χ2v) is 4.37. The summed E-state index contributed by atoms with van der Waals surface area (Å²) >= 11 is 3.14. The van der Waals surface area contributed by atoms with Crippen LogP contribution in [0.25, 0.3) is 0 Å². The lowest BCUT2D eigenvalue weighted by Gasteiger charge is -2.04. The lowest BCUT2D eigenvalue weighted by Crippen LogP contribution is -2.12. The first kappa shape index (κ1) is 11.8. The fourth-order valence-corrected chi connectivity index (χ4v) is 1.87. The number of nitrogens with zero attached hydrogens (tertiary/aromatic N) is 1. The van der Waals surface area contributed by atoms with E-state index < -0.39 is 5.82 Å². The topological polar surface area (TPSA) is 57.8 Å². The summed E-state index contributed by atoms with van der Waals surface area (Å²) < 4.78 is 13.3. The molecule has 0 aliphatic rings. The molecule has 0 unspecified atom stereocenters. The highest BCUT2D eigenvalue weighted by Crippen LogP contribution is 2.19. The molecule has 1 heterocycles. The zero-order chi connectivity index (χ0) is 12.4. The quantitative estimate of drug-likeness (QED) is 0.895. The third-order valence-electron chi connectivity index (χ3n) is 2.12. The zero-order valence-corrected chi connectivity index (χ0v) is 10.5. The summed E-state index contributed by atoms with van der Waals surface area (Å²) in [6.45, 7) is 1.83. The highest BCUT2D eigenvalue weighted by atomic mass is 79.9. The largest absolute Gasteiger partial charge is 0.305 e. The molecule has 0 atom stereocenters. The molecule has 0 spiro atoms. The molecule has 0 fully saturated rings. The first-order valence-electron chi connectivity index (χ1n) is 4.84. The fourth-order valence-electron chi connectivity index (χ4n) is 1.34. The van der Waals surface area contributed by atoms with Crippen molar-refractivity contribution in [3.05, 3.63) is 45.8 Å². The van der Waals surface area contributed by atoms with Crippen molar-refractivity contribution >= 4 is 27.7 Å². The third kappa shape index (κ3) is 2.71. The number of amides is 1. The van der Waals surface area contributed by atoms with Gasteiger partial charge in [0.25, 0.3) is 5.91 Å². The Morgan fingerprint density at radius 2 is 2.24 bits per heavy atom. The maximum Gasteiger partial charge on any atom is 0.258 e. The highest BCUT2D eigenvalue weighted by molar-refractivity contribution is 9.10. The van der Waals surface area contributed by atoms with Gasteiger partial charge in [0, 0.05) is 16.2 Å². The summed E-state index contributed by atoms with van der Waals surface area (Å²) in [5.41, 5.74) is 1.20. The van der Waals surface area contributed by atoms with Gasteiger partial charge in [0.1, 0.15) is 5.82 Å². The van der Waals surface area contributed by atoms with Gasteiger partial charge in [0.15, 0.2) is 5.82 Å². The molecule has 4 nitrogen and oxygen atoms in total. The molecule has 2 N–H and O–H groups in total. The molecule has 0 saturated carbocycles. The molecular weight excluding hydrogens is 289 g/mol. The molecule has 0 saturated heterocycles. The number of benzene rings is 1.